The first-order chi connectivity index (χ1) is 9.38. The Labute approximate surface area is 123 Å². The van der Waals surface area contributed by atoms with Gasteiger partial charge in [-0.05, 0) is 23.6 Å². The molecule has 0 aliphatic carbocycles. The van der Waals surface area contributed by atoms with Crippen molar-refractivity contribution in [3.63, 3.8) is 0 Å². The largest absolute Gasteiger partial charge is 0.263 e. The van der Waals surface area contributed by atoms with Gasteiger partial charge in [-0.3, -0.25) is 4.72 Å². The smallest absolute Gasteiger partial charge is 0.263 e. The summed E-state index contributed by atoms with van der Waals surface area (Å²) in [6.45, 7) is 4.09. The maximum atomic E-state index is 12.2. The first-order valence-electron chi connectivity index (χ1n) is 5.99. The van der Waals surface area contributed by atoms with Crippen LogP contribution in [0.2, 0.25) is 5.15 Å². The van der Waals surface area contributed by atoms with E-state index < -0.39 is 10.0 Å². The molecule has 0 bridgehead atoms. The van der Waals surface area contributed by atoms with Crippen LogP contribution in [0.4, 0.5) is 5.82 Å². The van der Waals surface area contributed by atoms with Gasteiger partial charge in [0.1, 0.15) is 17.3 Å². The van der Waals surface area contributed by atoms with E-state index in [1.807, 2.05) is 13.8 Å². The number of rotatable bonds is 4. The second-order valence-electron chi connectivity index (χ2n) is 4.56. The number of nitrogens with zero attached hydrogens (tertiary/aromatic N) is 2. The topological polar surface area (TPSA) is 72.0 Å². The van der Waals surface area contributed by atoms with E-state index in [1.165, 1.54) is 12.4 Å². The van der Waals surface area contributed by atoms with Crippen LogP contribution in [0, 0.1) is 0 Å². The number of sulfonamides is 1. The van der Waals surface area contributed by atoms with Crippen LogP contribution in [-0.2, 0) is 10.0 Å². The lowest BCUT2D eigenvalue weighted by atomic mass is 10.0. The molecule has 0 fully saturated rings. The monoisotopic (exact) mass is 311 g/mol. The summed E-state index contributed by atoms with van der Waals surface area (Å²) in [5, 5.41) is 0.174. The molecule has 5 nitrogen and oxygen atoms in total. The SMILES string of the molecule is CC(C)c1ccc(S(=O)(=O)Nc2cc(Cl)ncn2)cc1. The number of aromatic nitrogens is 2. The summed E-state index contributed by atoms with van der Waals surface area (Å²) in [6.07, 6.45) is 1.20. The number of anilines is 1. The molecule has 0 atom stereocenters. The van der Waals surface area contributed by atoms with Gasteiger partial charge >= 0.3 is 0 Å². The van der Waals surface area contributed by atoms with E-state index in [9.17, 15) is 8.42 Å². The minimum atomic E-state index is -3.67. The average Bonchev–Trinajstić information content (AvgIpc) is 2.38. The standard InChI is InChI=1S/C13H14ClN3O2S/c1-9(2)10-3-5-11(6-4-10)20(18,19)17-13-7-12(14)15-8-16-13/h3-9H,1-2H3,(H,15,16,17). The van der Waals surface area contributed by atoms with Gasteiger partial charge in [0.25, 0.3) is 10.0 Å². The first-order valence-corrected chi connectivity index (χ1v) is 7.85. The van der Waals surface area contributed by atoms with E-state index in [1.54, 1.807) is 24.3 Å². The van der Waals surface area contributed by atoms with E-state index in [-0.39, 0.29) is 15.9 Å². The van der Waals surface area contributed by atoms with Gasteiger partial charge < -0.3 is 0 Å². The fraction of sp³-hybridized carbons (Fsp3) is 0.231. The molecule has 0 unspecified atom stereocenters. The number of nitrogens with one attached hydrogen (secondary N) is 1. The number of benzene rings is 1. The van der Waals surface area contributed by atoms with Gasteiger partial charge in [0.15, 0.2) is 0 Å². The predicted molar refractivity (Wildman–Crippen MR) is 78.4 cm³/mol. The molecule has 1 aromatic heterocycles. The molecule has 0 amide bonds. The van der Waals surface area contributed by atoms with Crippen LogP contribution < -0.4 is 4.72 Å². The van der Waals surface area contributed by atoms with Crippen LogP contribution in [0.25, 0.3) is 0 Å². The Morgan fingerprint density at radius 2 is 1.80 bits per heavy atom. The molecular weight excluding hydrogens is 298 g/mol. The van der Waals surface area contributed by atoms with E-state index in [2.05, 4.69) is 14.7 Å². The lowest BCUT2D eigenvalue weighted by molar-refractivity contribution is 0.601. The van der Waals surface area contributed by atoms with Crippen LogP contribution in [0.15, 0.2) is 41.6 Å². The molecule has 0 radical (unpaired) electrons. The third kappa shape index (κ3) is 3.46. The fourth-order valence-corrected chi connectivity index (χ4v) is 2.76. The summed E-state index contributed by atoms with van der Waals surface area (Å²) in [4.78, 5) is 7.68. The molecule has 1 N–H and O–H groups in total. The normalized spacial score (nSPS) is 11.6. The molecule has 2 rings (SSSR count). The maximum Gasteiger partial charge on any atom is 0.263 e. The van der Waals surface area contributed by atoms with Gasteiger partial charge in [-0.2, -0.15) is 0 Å². The van der Waals surface area contributed by atoms with Gasteiger partial charge in [0, 0.05) is 6.07 Å². The third-order valence-corrected chi connectivity index (χ3v) is 4.31. The van der Waals surface area contributed by atoms with Crippen molar-refractivity contribution in [1.82, 2.24) is 9.97 Å². The maximum absolute atomic E-state index is 12.2. The Morgan fingerprint density at radius 3 is 2.35 bits per heavy atom. The van der Waals surface area contributed by atoms with Gasteiger partial charge in [0.2, 0.25) is 0 Å². The third-order valence-electron chi connectivity index (χ3n) is 2.73. The van der Waals surface area contributed by atoms with Crippen molar-refractivity contribution in [2.75, 3.05) is 4.72 Å². The van der Waals surface area contributed by atoms with E-state index in [0.717, 1.165) is 5.56 Å². The molecule has 1 heterocycles. The van der Waals surface area contributed by atoms with Crippen LogP contribution in [0.1, 0.15) is 25.3 Å². The van der Waals surface area contributed by atoms with Crippen molar-refractivity contribution in [2.45, 2.75) is 24.7 Å². The van der Waals surface area contributed by atoms with Crippen molar-refractivity contribution in [1.29, 1.82) is 0 Å². The Bertz CT molecular complexity index is 700. The zero-order valence-electron chi connectivity index (χ0n) is 11.0. The van der Waals surface area contributed by atoms with Crippen molar-refractivity contribution in [3.8, 4) is 0 Å². The molecule has 0 aliphatic heterocycles. The van der Waals surface area contributed by atoms with Crippen molar-refractivity contribution < 1.29 is 8.42 Å². The zero-order chi connectivity index (χ0) is 14.8. The summed E-state index contributed by atoms with van der Waals surface area (Å²) in [5.41, 5.74) is 1.08. The first kappa shape index (κ1) is 14.7. The Hall–Kier alpha value is -1.66. The lowest BCUT2D eigenvalue weighted by Gasteiger charge is -2.09. The molecule has 0 saturated carbocycles. The highest BCUT2D eigenvalue weighted by Gasteiger charge is 2.15. The Morgan fingerprint density at radius 1 is 1.15 bits per heavy atom. The number of hydrogen-bond acceptors (Lipinski definition) is 4. The van der Waals surface area contributed by atoms with E-state index >= 15 is 0 Å². The molecular formula is C13H14ClN3O2S. The minimum Gasteiger partial charge on any atom is -0.263 e. The van der Waals surface area contributed by atoms with Gasteiger partial charge in [-0.15, -0.1) is 0 Å². The van der Waals surface area contributed by atoms with Crippen LogP contribution in [0.3, 0.4) is 0 Å². The Kier molecular flexibility index (Phi) is 4.25. The summed E-state index contributed by atoms with van der Waals surface area (Å²) < 4.78 is 26.7. The highest BCUT2D eigenvalue weighted by Crippen LogP contribution is 2.19. The predicted octanol–water partition coefficient (Wildman–Crippen LogP) is 3.05. The van der Waals surface area contributed by atoms with Crippen molar-refractivity contribution in [2.24, 2.45) is 0 Å². The van der Waals surface area contributed by atoms with Crippen LogP contribution in [0.5, 0.6) is 0 Å². The summed E-state index contributed by atoms with van der Waals surface area (Å²) >= 11 is 5.69. The quantitative estimate of drug-likeness (QED) is 0.881. The summed E-state index contributed by atoms with van der Waals surface area (Å²) in [7, 11) is -3.67. The second kappa shape index (κ2) is 5.76. The molecule has 7 heteroatoms. The Balaban J connectivity index is 2.26. The molecule has 0 saturated heterocycles. The van der Waals surface area contributed by atoms with Crippen LogP contribution >= 0.6 is 11.6 Å². The molecule has 0 spiro atoms. The second-order valence-corrected chi connectivity index (χ2v) is 6.62. The lowest BCUT2D eigenvalue weighted by Crippen LogP contribution is -2.14. The van der Waals surface area contributed by atoms with Crippen molar-refractivity contribution >= 4 is 27.4 Å². The fourth-order valence-electron chi connectivity index (χ4n) is 1.62. The molecule has 20 heavy (non-hydrogen) atoms. The highest BCUT2D eigenvalue weighted by molar-refractivity contribution is 7.92. The molecule has 0 aliphatic rings. The van der Waals surface area contributed by atoms with Gasteiger partial charge in [0.05, 0.1) is 4.90 Å². The summed E-state index contributed by atoms with van der Waals surface area (Å²) in [5.74, 6) is 0.485. The van der Waals surface area contributed by atoms with Crippen LogP contribution in [-0.4, -0.2) is 18.4 Å². The molecule has 1 aromatic carbocycles. The van der Waals surface area contributed by atoms with E-state index in [4.69, 9.17) is 11.6 Å². The minimum absolute atomic E-state index is 0.137. The average molecular weight is 312 g/mol. The number of hydrogen-bond donors (Lipinski definition) is 1. The molecule has 106 valence electrons. The summed E-state index contributed by atoms with van der Waals surface area (Å²) in [6, 6.07) is 8.08. The zero-order valence-corrected chi connectivity index (χ0v) is 12.6. The van der Waals surface area contributed by atoms with Gasteiger partial charge in [-0.25, -0.2) is 18.4 Å². The van der Waals surface area contributed by atoms with E-state index in [0.29, 0.717) is 5.92 Å². The highest BCUT2D eigenvalue weighted by atomic mass is 35.5. The van der Waals surface area contributed by atoms with Gasteiger partial charge in [-0.1, -0.05) is 37.6 Å². The molecule has 2 aromatic rings. The number of halogens is 1. The van der Waals surface area contributed by atoms with Crippen molar-refractivity contribution in [3.05, 3.63) is 47.4 Å².